The maximum atomic E-state index is 13.6. The Morgan fingerprint density at radius 3 is 2.58 bits per heavy atom. The molecule has 1 aliphatic rings. The van der Waals surface area contributed by atoms with Crippen LogP contribution in [0.1, 0.15) is 58.9 Å². The molecule has 0 amide bonds. The molecule has 0 N–H and O–H groups in total. The number of aromatic nitrogens is 2. The van der Waals surface area contributed by atoms with E-state index in [1.54, 1.807) is 28.0 Å². The van der Waals surface area contributed by atoms with Crippen LogP contribution in [-0.4, -0.2) is 40.6 Å². The first-order chi connectivity index (χ1) is 14.8. The summed E-state index contributed by atoms with van der Waals surface area (Å²) in [5.74, 6) is 0.435. The fraction of sp³-hybridized carbons (Fsp3) is 0.458. The molecule has 6 nitrogen and oxygen atoms in total. The van der Waals surface area contributed by atoms with E-state index in [0.29, 0.717) is 18.7 Å². The van der Waals surface area contributed by atoms with Gasteiger partial charge >= 0.3 is 5.97 Å². The van der Waals surface area contributed by atoms with Crippen molar-refractivity contribution in [1.29, 1.82) is 0 Å². The lowest BCUT2D eigenvalue weighted by molar-refractivity contribution is 0.0378. The standard InChI is InChI=1S/C24H29N3O3S/c1-15(2)30-24(29)17-11-9-16(10-12-17)13-27-20(14-26(3)4)25-22-21(23(27)28)18-7-5-6-8-19(18)31-22/h9-12,15H,5-8,13-14H2,1-4H3. The first-order valence-corrected chi connectivity index (χ1v) is 11.6. The van der Waals surface area contributed by atoms with Crippen LogP contribution in [0.2, 0.25) is 0 Å². The summed E-state index contributed by atoms with van der Waals surface area (Å²) in [4.78, 5) is 34.9. The van der Waals surface area contributed by atoms with Gasteiger partial charge in [-0.25, -0.2) is 9.78 Å². The number of carbonyl (C=O) groups excluding carboxylic acids is 1. The Labute approximate surface area is 186 Å². The van der Waals surface area contributed by atoms with Gasteiger partial charge in [0.15, 0.2) is 0 Å². The van der Waals surface area contributed by atoms with E-state index < -0.39 is 0 Å². The van der Waals surface area contributed by atoms with Gasteiger partial charge in [-0.05, 0) is 76.9 Å². The predicted octanol–water partition coefficient (Wildman–Crippen LogP) is 4.01. The maximum absolute atomic E-state index is 13.6. The van der Waals surface area contributed by atoms with Crippen molar-refractivity contribution < 1.29 is 9.53 Å². The van der Waals surface area contributed by atoms with Crippen LogP contribution < -0.4 is 5.56 Å². The molecule has 1 aliphatic carbocycles. The number of aryl methyl sites for hydroxylation is 2. The van der Waals surface area contributed by atoms with E-state index in [1.165, 1.54) is 16.9 Å². The summed E-state index contributed by atoms with van der Waals surface area (Å²) >= 11 is 1.69. The van der Waals surface area contributed by atoms with E-state index in [2.05, 4.69) is 0 Å². The second-order valence-electron chi connectivity index (χ2n) is 8.70. The predicted molar refractivity (Wildman–Crippen MR) is 124 cm³/mol. The number of rotatable bonds is 6. The molecule has 2 aromatic heterocycles. The van der Waals surface area contributed by atoms with Crippen molar-refractivity contribution in [2.75, 3.05) is 14.1 Å². The average Bonchev–Trinajstić information content (AvgIpc) is 3.08. The zero-order valence-electron chi connectivity index (χ0n) is 18.6. The number of ether oxygens (including phenoxy) is 1. The first kappa shape index (κ1) is 21.7. The van der Waals surface area contributed by atoms with E-state index >= 15 is 0 Å². The summed E-state index contributed by atoms with van der Waals surface area (Å²) in [6.07, 6.45) is 4.17. The normalized spacial score (nSPS) is 13.7. The number of hydrogen-bond acceptors (Lipinski definition) is 6. The number of fused-ring (bicyclic) bond motifs is 3. The fourth-order valence-electron chi connectivity index (χ4n) is 4.06. The van der Waals surface area contributed by atoms with Gasteiger partial charge in [-0.15, -0.1) is 11.3 Å². The summed E-state index contributed by atoms with van der Waals surface area (Å²) in [5.41, 5.74) is 2.72. The van der Waals surface area contributed by atoms with Crippen LogP contribution in [0.4, 0.5) is 0 Å². The van der Waals surface area contributed by atoms with Crippen LogP contribution in [0.5, 0.6) is 0 Å². The lowest BCUT2D eigenvalue weighted by Gasteiger charge is -2.17. The number of nitrogens with zero attached hydrogens (tertiary/aromatic N) is 3. The van der Waals surface area contributed by atoms with Gasteiger partial charge in [0, 0.05) is 4.88 Å². The molecular weight excluding hydrogens is 410 g/mol. The van der Waals surface area contributed by atoms with Gasteiger partial charge in [0.2, 0.25) is 0 Å². The Balaban J connectivity index is 1.72. The minimum atomic E-state index is -0.333. The van der Waals surface area contributed by atoms with Gasteiger partial charge in [-0.3, -0.25) is 9.36 Å². The third-order valence-corrected chi connectivity index (χ3v) is 6.67. The molecule has 2 heterocycles. The maximum Gasteiger partial charge on any atom is 0.338 e. The summed E-state index contributed by atoms with van der Waals surface area (Å²) in [5, 5.41) is 0.805. The van der Waals surface area contributed by atoms with Gasteiger partial charge in [-0.2, -0.15) is 0 Å². The molecule has 0 spiro atoms. The number of hydrogen-bond donors (Lipinski definition) is 0. The Morgan fingerprint density at radius 1 is 1.19 bits per heavy atom. The molecule has 3 aromatic rings. The van der Waals surface area contributed by atoms with Crippen molar-refractivity contribution in [3.05, 3.63) is 62.0 Å². The summed E-state index contributed by atoms with van der Waals surface area (Å²) < 4.78 is 7.06. The van der Waals surface area contributed by atoms with Gasteiger partial charge in [0.1, 0.15) is 10.7 Å². The van der Waals surface area contributed by atoms with Crippen LogP contribution >= 0.6 is 11.3 Å². The van der Waals surface area contributed by atoms with E-state index in [-0.39, 0.29) is 17.6 Å². The summed E-state index contributed by atoms with van der Waals surface area (Å²) in [7, 11) is 3.96. The molecule has 0 atom stereocenters. The Kier molecular flexibility index (Phi) is 6.25. The van der Waals surface area contributed by atoms with Crippen LogP contribution in [0, 0.1) is 0 Å². The second kappa shape index (κ2) is 8.93. The molecular formula is C24H29N3O3S. The van der Waals surface area contributed by atoms with E-state index in [9.17, 15) is 9.59 Å². The van der Waals surface area contributed by atoms with Crippen molar-refractivity contribution in [1.82, 2.24) is 14.5 Å². The number of benzene rings is 1. The van der Waals surface area contributed by atoms with Crippen LogP contribution in [-0.2, 0) is 30.7 Å². The average molecular weight is 440 g/mol. The molecule has 0 bridgehead atoms. The number of esters is 1. The molecule has 164 valence electrons. The Hall–Kier alpha value is -2.51. The van der Waals surface area contributed by atoms with Crippen LogP contribution in [0.25, 0.3) is 10.2 Å². The van der Waals surface area contributed by atoms with Gasteiger partial charge < -0.3 is 9.64 Å². The highest BCUT2D eigenvalue weighted by Gasteiger charge is 2.22. The monoisotopic (exact) mass is 439 g/mol. The van der Waals surface area contributed by atoms with Crippen molar-refractivity contribution >= 4 is 27.5 Å². The molecule has 0 saturated heterocycles. The molecule has 0 saturated carbocycles. The minimum Gasteiger partial charge on any atom is -0.459 e. The SMILES string of the molecule is CC(C)OC(=O)c1ccc(Cn2c(CN(C)C)nc3sc4c(c3c2=O)CCCC4)cc1. The molecule has 0 fully saturated rings. The fourth-order valence-corrected chi connectivity index (χ4v) is 5.33. The summed E-state index contributed by atoms with van der Waals surface area (Å²) in [6.45, 7) is 4.68. The third kappa shape index (κ3) is 4.57. The van der Waals surface area contributed by atoms with E-state index in [0.717, 1.165) is 40.9 Å². The zero-order valence-corrected chi connectivity index (χ0v) is 19.4. The van der Waals surface area contributed by atoms with Gasteiger partial charge in [-0.1, -0.05) is 12.1 Å². The molecule has 0 unspecified atom stereocenters. The van der Waals surface area contributed by atoms with Crippen LogP contribution in [0.15, 0.2) is 29.1 Å². The van der Waals surface area contributed by atoms with Gasteiger partial charge in [0.25, 0.3) is 5.56 Å². The van der Waals surface area contributed by atoms with E-state index in [4.69, 9.17) is 9.72 Å². The highest BCUT2D eigenvalue weighted by molar-refractivity contribution is 7.18. The highest BCUT2D eigenvalue weighted by atomic mass is 32.1. The van der Waals surface area contributed by atoms with Crippen molar-refractivity contribution in [3.63, 3.8) is 0 Å². The smallest absolute Gasteiger partial charge is 0.338 e. The molecule has 4 rings (SSSR count). The highest BCUT2D eigenvalue weighted by Crippen LogP contribution is 2.34. The minimum absolute atomic E-state index is 0.0459. The Morgan fingerprint density at radius 2 is 1.90 bits per heavy atom. The van der Waals surface area contributed by atoms with Crippen molar-refractivity contribution in [2.24, 2.45) is 0 Å². The molecule has 0 radical (unpaired) electrons. The molecule has 0 aliphatic heterocycles. The lowest BCUT2D eigenvalue weighted by Crippen LogP contribution is -2.29. The van der Waals surface area contributed by atoms with Crippen molar-refractivity contribution in [3.8, 4) is 0 Å². The van der Waals surface area contributed by atoms with E-state index in [1.807, 2.05) is 45.0 Å². The van der Waals surface area contributed by atoms with Gasteiger partial charge in [0.05, 0.1) is 30.1 Å². The van der Waals surface area contributed by atoms with Crippen LogP contribution in [0.3, 0.4) is 0 Å². The summed E-state index contributed by atoms with van der Waals surface area (Å²) in [6, 6.07) is 7.29. The largest absolute Gasteiger partial charge is 0.459 e. The van der Waals surface area contributed by atoms with Crippen molar-refractivity contribution in [2.45, 2.75) is 58.7 Å². The quantitative estimate of drug-likeness (QED) is 0.543. The first-order valence-electron chi connectivity index (χ1n) is 10.8. The molecule has 31 heavy (non-hydrogen) atoms. The number of thiophene rings is 1. The topological polar surface area (TPSA) is 64.4 Å². The second-order valence-corrected chi connectivity index (χ2v) is 9.78. The lowest BCUT2D eigenvalue weighted by atomic mass is 9.97. The zero-order chi connectivity index (χ0) is 22.1. The third-order valence-electron chi connectivity index (χ3n) is 5.48. The molecule has 1 aromatic carbocycles. The number of carbonyl (C=O) groups is 1. The molecule has 7 heteroatoms. The Bertz CT molecular complexity index is 1160.